The molecule has 2 rings (SSSR count). The molecule has 0 spiro atoms. The van der Waals surface area contributed by atoms with Gasteiger partial charge in [-0.15, -0.1) is 0 Å². The van der Waals surface area contributed by atoms with E-state index in [2.05, 4.69) is 0 Å². The Balaban J connectivity index is 2.30. The zero-order valence-corrected chi connectivity index (χ0v) is 8.92. The number of ether oxygens (including phenoxy) is 1. The third-order valence-corrected chi connectivity index (χ3v) is 2.21. The Morgan fingerprint density at radius 3 is 2.35 bits per heavy atom. The van der Waals surface area contributed by atoms with Gasteiger partial charge in [0.15, 0.2) is 0 Å². The number of aromatic carboxylic acids is 1. The summed E-state index contributed by atoms with van der Waals surface area (Å²) in [5.74, 6) is -0.499. The van der Waals surface area contributed by atoms with E-state index in [1.165, 1.54) is 6.07 Å². The van der Waals surface area contributed by atoms with Crippen molar-refractivity contribution in [2.45, 2.75) is 0 Å². The summed E-state index contributed by atoms with van der Waals surface area (Å²) in [5.41, 5.74) is 6.17. The van der Waals surface area contributed by atoms with Crippen LogP contribution in [0.4, 0.5) is 5.69 Å². The van der Waals surface area contributed by atoms with Gasteiger partial charge < -0.3 is 20.4 Å². The van der Waals surface area contributed by atoms with Gasteiger partial charge >= 0.3 is 0 Å². The second-order valence-corrected chi connectivity index (χ2v) is 3.45. The van der Waals surface area contributed by atoms with Gasteiger partial charge in [0.2, 0.25) is 0 Å². The van der Waals surface area contributed by atoms with E-state index in [1.807, 2.05) is 0 Å². The highest BCUT2D eigenvalue weighted by Crippen LogP contribution is 2.25. The van der Waals surface area contributed by atoms with Crippen molar-refractivity contribution in [1.29, 1.82) is 0 Å². The molecule has 2 aromatic rings. The topological polar surface area (TPSA) is 75.4 Å². The van der Waals surface area contributed by atoms with Gasteiger partial charge in [0.1, 0.15) is 11.5 Å². The molecule has 0 aliphatic rings. The average molecular weight is 228 g/mol. The van der Waals surface area contributed by atoms with Crippen LogP contribution in [-0.4, -0.2) is 5.97 Å². The summed E-state index contributed by atoms with van der Waals surface area (Å²) >= 11 is 0. The molecule has 0 aliphatic carbocycles. The summed E-state index contributed by atoms with van der Waals surface area (Å²) in [6, 6.07) is 13.0. The van der Waals surface area contributed by atoms with Crippen LogP contribution in [0.25, 0.3) is 0 Å². The molecule has 2 N–H and O–H groups in total. The predicted molar refractivity (Wildman–Crippen MR) is 61.7 cm³/mol. The molecule has 17 heavy (non-hydrogen) atoms. The van der Waals surface area contributed by atoms with Crippen LogP contribution in [0.3, 0.4) is 0 Å². The van der Waals surface area contributed by atoms with Crippen LogP contribution >= 0.6 is 0 Å². The first kappa shape index (κ1) is 11.0. The Morgan fingerprint density at radius 1 is 1.06 bits per heavy atom. The Morgan fingerprint density at radius 2 is 1.71 bits per heavy atom. The van der Waals surface area contributed by atoms with Crippen molar-refractivity contribution in [2.75, 3.05) is 5.73 Å². The molecule has 0 bridgehead atoms. The van der Waals surface area contributed by atoms with Crippen LogP contribution in [0.2, 0.25) is 0 Å². The molecule has 0 radical (unpaired) electrons. The van der Waals surface area contributed by atoms with Crippen molar-refractivity contribution in [3.63, 3.8) is 0 Å². The number of hydrogen-bond acceptors (Lipinski definition) is 4. The minimum Gasteiger partial charge on any atom is -0.545 e. The van der Waals surface area contributed by atoms with Crippen LogP contribution < -0.4 is 15.6 Å². The predicted octanol–water partition coefficient (Wildman–Crippen LogP) is 1.42. The summed E-state index contributed by atoms with van der Waals surface area (Å²) in [6.45, 7) is 0. The molecule has 0 aromatic heterocycles. The summed E-state index contributed by atoms with van der Waals surface area (Å²) in [5, 5.41) is 10.9. The maximum Gasteiger partial charge on any atom is 0.136 e. The smallest absolute Gasteiger partial charge is 0.136 e. The van der Waals surface area contributed by atoms with Gasteiger partial charge in [-0.05, 0) is 36.4 Å². The van der Waals surface area contributed by atoms with Crippen molar-refractivity contribution in [3.05, 3.63) is 54.1 Å². The minimum absolute atomic E-state index is 0.0179. The van der Waals surface area contributed by atoms with Gasteiger partial charge in [-0.1, -0.05) is 12.1 Å². The van der Waals surface area contributed by atoms with Gasteiger partial charge in [0.25, 0.3) is 0 Å². The highest BCUT2D eigenvalue weighted by Gasteiger charge is 2.04. The van der Waals surface area contributed by atoms with E-state index in [-0.39, 0.29) is 11.3 Å². The molecule has 0 aliphatic heterocycles. The van der Waals surface area contributed by atoms with Crippen molar-refractivity contribution in [1.82, 2.24) is 0 Å². The largest absolute Gasteiger partial charge is 0.545 e. The number of nitrogens with two attached hydrogens (primary N) is 1. The quantitative estimate of drug-likeness (QED) is 0.806. The number of carboxylic acid groups (broad SMARTS) is 1. The molecule has 0 heterocycles. The number of anilines is 1. The monoisotopic (exact) mass is 228 g/mol. The SMILES string of the molecule is Nc1ccc(Oc2ccccc2C(=O)[O-])cc1. The number of carboxylic acids is 1. The molecule has 0 unspecified atom stereocenters. The number of benzene rings is 2. The number of nitrogen functional groups attached to an aromatic ring is 1. The van der Waals surface area contributed by atoms with Crippen LogP contribution in [0.1, 0.15) is 10.4 Å². The Labute approximate surface area is 98.3 Å². The van der Waals surface area contributed by atoms with E-state index in [4.69, 9.17) is 10.5 Å². The third-order valence-electron chi connectivity index (χ3n) is 2.21. The lowest BCUT2D eigenvalue weighted by atomic mass is 10.2. The molecule has 0 amide bonds. The van der Waals surface area contributed by atoms with E-state index in [9.17, 15) is 9.90 Å². The summed E-state index contributed by atoms with van der Waals surface area (Å²) in [7, 11) is 0. The van der Waals surface area contributed by atoms with E-state index in [0.717, 1.165) is 0 Å². The molecule has 0 saturated heterocycles. The van der Waals surface area contributed by atoms with E-state index < -0.39 is 5.97 Å². The molecule has 0 fully saturated rings. The lowest BCUT2D eigenvalue weighted by Gasteiger charge is -2.11. The molecule has 0 saturated carbocycles. The zero-order chi connectivity index (χ0) is 12.3. The molecule has 0 atom stereocenters. The van der Waals surface area contributed by atoms with Crippen molar-refractivity contribution >= 4 is 11.7 Å². The highest BCUT2D eigenvalue weighted by molar-refractivity contribution is 5.89. The first-order valence-corrected chi connectivity index (χ1v) is 5.00. The van der Waals surface area contributed by atoms with Gasteiger partial charge in [-0.25, -0.2) is 0 Å². The summed E-state index contributed by atoms with van der Waals surface area (Å²) in [4.78, 5) is 10.9. The van der Waals surface area contributed by atoms with E-state index in [0.29, 0.717) is 11.4 Å². The molecular weight excluding hydrogens is 218 g/mol. The second kappa shape index (κ2) is 4.57. The maximum absolute atomic E-state index is 10.9. The number of hydrogen-bond donors (Lipinski definition) is 1. The summed E-state index contributed by atoms with van der Waals surface area (Å²) in [6.07, 6.45) is 0. The Kier molecular flexibility index (Phi) is 2.96. The number of carbonyl (C=O) groups is 1. The number of carbonyl (C=O) groups excluding carboxylic acids is 1. The van der Waals surface area contributed by atoms with E-state index >= 15 is 0 Å². The average Bonchev–Trinajstić information content (AvgIpc) is 2.32. The molecule has 4 nitrogen and oxygen atoms in total. The Bertz CT molecular complexity index is 535. The first-order valence-electron chi connectivity index (χ1n) is 5.00. The highest BCUT2D eigenvalue weighted by atomic mass is 16.5. The van der Waals surface area contributed by atoms with Gasteiger partial charge in [-0.2, -0.15) is 0 Å². The van der Waals surface area contributed by atoms with Crippen molar-refractivity contribution in [2.24, 2.45) is 0 Å². The van der Waals surface area contributed by atoms with E-state index in [1.54, 1.807) is 42.5 Å². The van der Waals surface area contributed by atoms with Crippen molar-refractivity contribution < 1.29 is 14.6 Å². The maximum atomic E-state index is 10.9. The first-order chi connectivity index (χ1) is 8.16. The van der Waals surface area contributed by atoms with Crippen LogP contribution in [0, 0.1) is 0 Å². The van der Waals surface area contributed by atoms with Gasteiger partial charge in [0, 0.05) is 11.3 Å². The summed E-state index contributed by atoms with van der Waals surface area (Å²) < 4.78 is 5.45. The lowest BCUT2D eigenvalue weighted by molar-refractivity contribution is -0.255. The lowest BCUT2D eigenvalue weighted by Crippen LogP contribution is -2.22. The van der Waals surface area contributed by atoms with Gasteiger partial charge in [-0.3, -0.25) is 0 Å². The zero-order valence-electron chi connectivity index (χ0n) is 8.92. The fourth-order valence-electron chi connectivity index (χ4n) is 1.39. The number of para-hydroxylation sites is 1. The fraction of sp³-hybridized carbons (Fsp3) is 0. The molecular formula is C13H10NO3-. The standard InChI is InChI=1S/C13H11NO3/c14-9-5-7-10(8-6-9)17-12-4-2-1-3-11(12)13(15)16/h1-8H,14H2,(H,15,16)/p-1. The number of rotatable bonds is 3. The Hall–Kier alpha value is -2.49. The van der Waals surface area contributed by atoms with Crippen LogP contribution in [0.15, 0.2) is 48.5 Å². The van der Waals surface area contributed by atoms with Crippen LogP contribution in [-0.2, 0) is 0 Å². The molecule has 86 valence electrons. The minimum atomic E-state index is -1.27. The fourth-order valence-corrected chi connectivity index (χ4v) is 1.39. The molecule has 2 aromatic carbocycles. The van der Waals surface area contributed by atoms with Gasteiger partial charge in [0.05, 0.1) is 5.97 Å². The van der Waals surface area contributed by atoms with Crippen LogP contribution in [0.5, 0.6) is 11.5 Å². The molecule has 4 heteroatoms. The second-order valence-electron chi connectivity index (χ2n) is 3.45. The normalized spacial score (nSPS) is 9.88. The van der Waals surface area contributed by atoms with Crippen molar-refractivity contribution in [3.8, 4) is 11.5 Å². The third kappa shape index (κ3) is 2.55.